The standard InChI is InChI=1S/C16H18N4O3S/c1-16(2,3)12-7-13(20-23-12)19-14(21)11-9-24-15(18-11)17-8-10-5-4-6-22-10/h4-7,9H,8H2,1-3H3,(H,17,18)(H,19,20,21). The van der Waals surface area contributed by atoms with Crippen LogP contribution in [0.5, 0.6) is 0 Å². The molecule has 3 heterocycles. The number of thiazole rings is 1. The van der Waals surface area contributed by atoms with Gasteiger partial charge in [-0.25, -0.2) is 4.98 Å². The van der Waals surface area contributed by atoms with E-state index in [0.717, 1.165) is 5.76 Å². The zero-order valence-electron chi connectivity index (χ0n) is 13.6. The molecule has 3 aromatic rings. The number of rotatable bonds is 5. The first-order valence-electron chi connectivity index (χ1n) is 7.42. The lowest BCUT2D eigenvalue weighted by molar-refractivity contribution is 0.102. The third-order valence-corrected chi connectivity index (χ3v) is 4.02. The number of nitrogens with zero attached hydrogens (tertiary/aromatic N) is 2. The molecular weight excluding hydrogens is 328 g/mol. The fraction of sp³-hybridized carbons (Fsp3) is 0.312. The average Bonchev–Trinajstić information content (AvgIpc) is 3.25. The molecule has 0 radical (unpaired) electrons. The number of amides is 1. The number of carbonyl (C=O) groups excluding carboxylic acids is 1. The maximum Gasteiger partial charge on any atom is 0.276 e. The Morgan fingerprint density at radius 2 is 2.21 bits per heavy atom. The van der Waals surface area contributed by atoms with Crippen molar-refractivity contribution in [2.75, 3.05) is 10.6 Å². The molecule has 3 rings (SSSR count). The number of hydrogen-bond acceptors (Lipinski definition) is 7. The van der Waals surface area contributed by atoms with Crippen molar-refractivity contribution in [2.45, 2.75) is 32.7 Å². The summed E-state index contributed by atoms with van der Waals surface area (Å²) >= 11 is 1.35. The number of furan rings is 1. The summed E-state index contributed by atoms with van der Waals surface area (Å²) in [5.41, 5.74) is 0.154. The minimum Gasteiger partial charge on any atom is -0.467 e. The lowest BCUT2D eigenvalue weighted by Crippen LogP contribution is -2.13. The van der Waals surface area contributed by atoms with Crippen LogP contribution in [-0.4, -0.2) is 16.0 Å². The third-order valence-electron chi connectivity index (χ3n) is 3.22. The lowest BCUT2D eigenvalue weighted by atomic mass is 9.93. The summed E-state index contributed by atoms with van der Waals surface area (Å²) in [4.78, 5) is 16.5. The van der Waals surface area contributed by atoms with Gasteiger partial charge in [0.15, 0.2) is 10.9 Å². The molecule has 0 aliphatic carbocycles. The van der Waals surface area contributed by atoms with Crippen LogP contribution in [0.1, 0.15) is 42.8 Å². The molecule has 0 unspecified atom stereocenters. The smallest absolute Gasteiger partial charge is 0.276 e. The van der Waals surface area contributed by atoms with Gasteiger partial charge in [0.25, 0.3) is 5.91 Å². The normalized spacial score (nSPS) is 11.5. The minimum atomic E-state index is -0.328. The van der Waals surface area contributed by atoms with E-state index in [-0.39, 0.29) is 11.3 Å². The van der Waals surface area contributed by atoms with Crippen LogP contribution in [0.25, 0.3) is 0 Å². The molecule has 24 heavy (non-hydrogen) atoms. The third kappa shape index (κ3) is 3.83. The Morgan fingerprint density at radius 3 is 2.88 bits per heavy atom. The van der Waals surface area contributed by atoms with Gasteiger partial charge in [0.1, 0.15) is 17.2 Å². The molecule has 0 atom stereocenters. The van der Waals surface area contributed by atoms with Gasteiger partial charge in [-0.3, -0.25) is 4.79 Å². The maximum absolute atomic E-state index is 12.2. The van der Waals surface area contributed by atoms with Gasteiger partial charge in [-0.15, -0.1) is 11.3 Å². The highest BCUT2D eigenvalue weighted by molar-refractivity contribution is 7.13. The molecular formula is C16H18N4O3S. The van der Waals surface area contributed by atoms with E-state index >= 15 is 0 Å². The van der Waals surface area contributed by atoms with Crippen LogP contribution in [0.3, 0.4) is 0 Å². The summed E-state index contributed by atoms with van der Waals surface area (Å²) in [6.07, 6.45) is 1.61. The fourth-order valence-electron chi connectivity index (χ4n) is 1.90. The maximum atomic E-state index is 12.2. The molecule has 1 amide bonds. The van der Waals surface area contributed by atoms with Crippen molar-refractivity contribution >= 4 is 28.2 Å². The predicted molar refractivity (Wildman–Crippen MR) is 91.3 cm³/mol. The van der Waals surface area contributed by atoms with Crippen LogP contribution in [0.4, 0.5) is 10.9 Å². The number of hydrogen-bond donors (Lipinski definition) is 2. The molecule has 7 nitrogen and oxygen atoms in total. The van der Waals surface area contributed by atoms with Crippen molar-refractivity contribution in [2.24, 2.45) is 0 Å². The van der Waals surface area contributed by atoms with E-state index in [1.54, 1.807) is 17.7 Å². The second-order valence-electron chi connectivity index (χ2n) is 6.25. The Kier molecular flexibility index (Phi) is 4.39. The summed E-state index contributed by atoms with van der Waals surface area (Å²) in [5, 5.41) is 12.0. The Hall–Kier alpha value is -2.61. The van der Waals surface area contributed by atoms with Gasteiger partial charge in [-0.2, -0.15) is 0 Å². The van der Waals surface area contributed by atoms with Crippen molar-refractivity contribution in [1.82, 2.24) is 10.1 Å². The number of nitrogens with one attached hydrogen (secondary N) is 2. The van der Waals surface area contributed by atoms with Gasteiger partial charge in [-0.1, -0.05) is 25.9 Å². The molecule has 126 valence electrons. The van der Waals surface area contributed by atoms with E-state index in [0.29, 0.717) is 28.9 Å². The zero-order valence-corrected chi connectivity index (χ0v) is 14.4. The average molecular weight is 346 g/mol. The van der Waals surface area contributed by atoms with Crippen molar-refractivity contribution in [3.8, 4) is 0 Å². The van der Waals surface area contributed by atoms with E-state index in [2.05, 4.69) is 20.8 Å². The SMILES string of the molecule is CC(C)(C)c1cc(NC(=O)c2csc(NCc3ccco3)n2)no1. The Morgan fingerprint density at radius 1 is 1.38 bits per heavy atom. The molecule has 3 aromatic heterocycles. The van der Waals surface area contributed by atoms with E-state index in [4.69, 9.17) is 8.94 Å². The number of carbonyl (C=O) groups is 1. The van der Waals surface area contributed by atoms with Crippen LogP contribution in [0.2, 0.25) is 0 Å². The summed E-state index contributed by atoms with van der Waals surface area (Å²) in [6.45, 7) is 6.54. The van der Waals surface area contributed by atoms with E-state index in [9.17, 15) is 4.79 Å². The highest BCUT2D eigenvalue weighted by Crippen LogP contribution is 2.25. The topological polar surface area (TPSA) is 93.2 Å². The molecule has 0 aromatic carbocycles. The van der Waals surface area contributed by atoms with E-state index < -0.39 is 0 Å². The van der Waals surface area contributed by atoms with Gasteiger partial charge >= 0.3 is 0 Å². The monoisotopic (exact) mass is 346 g/mol. The molecule has 2 N–H and O–H groups in total. The van der Waals surface area contributed by atoms with Crippen LogP contribution >= 0.6 is 11.3 Å². The second kappa shape index (κ2) is 6.48. The van der Waals surface area contributed by atoms with Crippen molar-refractivity contribution in [1.29, 1.82) is 0 Å². The second-order valence-corrected chi connectivity index (χ2v) is 7.11. The first-order chi connectivity index (χ1) is 11.4. The molecule has 8 heteroatoms. The summed E-state index contributed by atoms with van der Waals surface area (Å²) in [5.74, 6) is 1.56. The van der Waals surface area contributed by atoms with Crippen molar-refractivity contribution in [3.63, 3.8) is 0 Å². The Bertz CT molecular complexity index is 815. The molecule has 0 bridgehead atoms. The minimum absolute atomic E-state index is 0.167. The number of aromatic nitrogens is 2. The summed E-state index contributed by atoms with van der Waals surface area (Å²) in [6, 6.07) is 5.41. The predicted octanol–water partition coefficient (Wildman–Crippen LogP) is 3.89. The lowest BCUT2D eigenvalue weighted by Gasteiger charge is -2.11. The quantitative estimate of drug-likeness (QED) is 0.728. The van der Waals surface area contributed by atoms with Crippen molar-refractivity contribution in [3.05, 3.63) is 47.1 Å². The largest absolute Gasteiger partial charge is 0.467 e. The highest BCUT2D eigenvalue weighted by Gasteiger charge is 2.21. The number of anilines is 2. The van der Waals surface area contributed by atoms with Crippen LogP contribution in [-0.2, 0) is 12.0 Å². The first kappa shape index (κ1) is 16.3. The molecule has 0 fully saturated rings. The molecule has 0 saturated carbocycles. The Labute approximate surface area is 143 Å². The van der Waals surface area contributed by atoms with Gasteiger partial charge in [0.05, 0.1) is 12.8 Å². The molecule has 0 aliphatic heterocycles. The Balaban J connectivity index is 1.60. The summed E-state index contributed by atoms with van der Waals surface area (Å²) < 4.78 is 10.5. The zero-order chi connectivity index (χ0) is 17.2. The van der Waals surface area contributed by atoms with Gasteiger partial charge in [-0.05, 0) is 12.1 Å². The van der Waals surface area contributed by atoms with E-state index in [1.165, 1.54) is 11.3 Å². The molecule has 0 aliphatic rings. The van der Waals surface area contributed by atoms with Gasteiger partial charge in [0, 0.05) is 16.9 Å². The van der Waals surface area contributed by atoms with Crippen molar-refractivity contribution < 1.29 is 13.7 Å². The van der Waals surface area contributed by atoms with Crippen LogP contribution < -0.4 is 10.6 Å². The molecule has 0 saturated heterocycles. The fourth-order valence-corrected chi connectivity index (χ4v) is 2.59. The summed E-state index contributed by atoms with van der Waals surface area (Å²) in [7, 11) is 0. The van der Waals surface area contributed by atoms with Crippen LogP contribution in [0, 0.1) is 0 Å². The van der Waals surface area contributed by atoms with E-state index in [1.807, 2.05) is 32.9 Å². The molecule has 0 spiro atoms. The van der Waals surface area contributed by atoms with Crippen LogP contribution in [0.15, 0.2) is 38.8 Å². The van der Waals surface area contributed by atoms with Gasteiger partial charge in [0.2, 0.25) is 0 Å². The first-order valence-corrected chi connectivity index (χ1v) is 8.30. The highest BCUT2D eigenvalue weighted by atomic mass is 32.1. The van der Waals surface area contributed by atoms with Gasteiger partial charge < -0.3 is 19.6 Å².